The van der Waals surface area contributed by atoms with E-state index in [1.54, 1.807) is 0 Å². The molecule has 2 nitrogen and oxygen atoms in total. The zero-order chi connectivity index (χ0) is 19.6. The molecule has 4 aliphatic carbocycles. The van der Waals surface area contributed by atoms with Crippen LogP contribution in [-0.2, 0) is 9.53 Å². The van der Waals surface area contributed by atoms with Crippen molar-refractivity contribution in [2.24, 2.45) is 45.8 Å². The standard InChI is InChI=1S/C25H42O2/c1-16-14-18-19-8-7-11-24(19,5)12-10-20(18)25(6)13-9-17(15-21(16)25)27-22(26)23(2,3)4/h16-21H,7-15H2,1-6H3/t16?,17-,18-,19-,20-,21?,24-,25+/m0/s1. The van der Waals surface area contributed by atoms with Crippen LogP contribution in [0.5, 0.6) is 0 Å². The largest absolute Gasteiger partial charge is 0.462 e. The van der Waals surface area contributed by atoms with Crippen molar-refractivity contribution in [1.29, 1.82) is 0 Å². The zero-order valence-electron chi connectivity index (χ0n) is 18.6. The monoisotopic (exact) mass is 374 g/mol. The van der Waals surface area contributed by atoms with Crippen LogP contribution in [0, 0.1) is 45.8 Å². The van der Waals surface area contributed by atoms with Gasteiger partial charge in [-0.25, -0.2) is 0 Å². The normalized spacial score (nSPS) is 49.7. The summed E-state index contributed by atoms with van der Waals surface area (Å²) >= 11 is 0. The molecule has 0 heterocycles. The maximum atomic E-state index is 12.4. The van der Waals surface area contributed by atoms with Crippen molar-refractivity contribution in [2.75, 3.05) is 0 Å². The second-order valence-electron chi connectivity index (χ2n) is 12.3. The molecule has 4 saturated carbocycles. The third-order valence-corrected chi connectivity index (χ3v) is 9.65. The van der Waals surface area contributed by atoms with Gasteiger partial charge in [0.05, 0.1) is 5.41 Å². The van der Waals surface area contributed by atoms with Crippen molar-refractivity contribution in [1.82, 2.24) is 0 Å². The Morgan fingerprint density at radius 2 is 1.67 bits per heavy atom. The van der Waals surface area contributed by atoms with E-state index < -0.39 is 0 Å². The topological polar surface area (TPSA) is 26.3 Å². The second-order valence-corrected chi connectivity index (χ2v) is 12.3. The van der Waals surface area contributed by atoms with Gasteiger partial charge in [-0.05, 0) is 113 Å². The summed E-state index contributed by atoms with van der Waals surface area (Å²) in [5.74, 6) is 4.33. The van der Waals surface area contributed by atoms with Gasteiger partial charge in [0, 0.05) is 0 Å². The molecular weight excluding hydrogens is 332 g/mol. The van der Waals surface area contributed by atoms with Gasteiger partial charge in [-0.2, -0.15) is 0 Å². The van der Waals surface area contributed by atoms with Crippen molar-refractivity contribution in [3.05, 3.63) is 0 Å². The molecule has 0 spiro atoms. The summed E-state index contributed by atoms with van der Waals surface area (Å²) in [6.45, 7) is 13.6. The summed E-state index contributed by atoms with van der Waals surface area (Å²) in [6, 6.07) is 0. The number of hydrogen-bond donors (Lipinski definition) is 0. The van der Waals surface area contributed by atoms with Crippen LogP contribution in [0.4, 0.5) is 0 Å². The van der Waals surface area contributed by atoms with Crippen molar-refractivity contribution in [2.45, 2.75) is 105 Å². The highest BCUT2D eigenvalue weighted by molar-refractivity contribution is 5.75. The average molecular weight is 375 g/mol. The number of carbonyl (C=O) groups is 1. The molecule has 0 radical (unpaired) electrons. The third kappa shape index (κ3) is 3.18. The van der Waals surface area contributed by atoms with Gasteiger partial charge >= 0.3 is 5.97 Å². The molecule has 0 aromatic carbocycles. The Labute approximate surface area is 167 Å². The Balaban J connectivity index is 1.51. The Morgan fingerprint density at radius 3 is 2.37 bits per heavy atom. The average Bonchev–Trinajstić information content (AvgIpc) is 2.97. The Morgan fingerprint density at radius 1 is 0.926 bits per heavy atom. The molecule has 154 valence electrons. The van der Waals surface area contributed by atoms with E-state index >= 15 is 0 Å². The van der Waals surface area contributed by atoms with E-state index in [9.17, 15) is 4.79 Å². The smallest absolute Gasteiger partial charge is 0.311 e. The maximum Gasteiger partial charge on any atom is 0.311 e. The van der Waals surface area contributed by atoms with Crippen LogP contribution in [-0.4, -0.2) is 12.1 Å². The van der Waals surface area contributed by atoms with E-state index in [1.165, 1.54) is 44.9 Å². The summed E-state index contributed by atoms with van der Waals surface area (Å²) in [4.78, 5) is 12.4. The first-order valence-corrected chi connectivity index (χ1v) is 11.8. The molecule has 2 heteroatoms. The summed E-state index contributed by atoms with van der Waals surface area (Å²) < 4.78 is 5.98. The summed E-state index contributed by atoms with van der Waals surface area (Å²) in [7, 11) is 0. The number of carbonyl (C=O) groups excluding carboxylic acids is 1. The molecule has 4 rings (SSSR count). The third-order valence-electron chi connectivity index (χ3n) is 9.65. The molecule has 27 heavy (non-hydrogen) atoms. The van der Waals surface area contributed by atoms with Gasteiger partial charge in [-0.1, -0.05) is 27.2 Å². The Bertz CT molecular complexity index is 590. The minimum atomic E-state index is -0.389. The van der Waals surface area contributed by atoms with Gasteiger partial charge in [0.15, 0.2) is 0 Å². The minimum absolute atomic E-state index is 0.0168. The molecule has 0 aromatic rings. The first kappa shape index (κ1) is 19.8. The molecule has 0 amide bonds. The van der Waals surface area contributed by atoms with Crippen LogP contribution in [0.1, 0.15) is 99.3 Å². The molecule has 0 aliphatic heterocycles. The van der Waals surface area contributed by atoms with Gasteiger partial charge in [0.2, 0.25) is 0 Å². The van der Waals surface area contributed by atoms with Crippen molar-refractivity contribution in [3.63, 3.8) is 0 Å². The predicted molar refractivity (Wildman–Crippen MR) is 110 cm³/mol. The number of esters is 1. The van der Waals surface area contributed by atoms with Gasteiger partial charge < -0.3 is 4.74 Å². The molecule has 4 aliphatic rings. The lowest BCUT2D eigenvalue weighted by molar-refractivity contribution is -0.174. The quantitative estimate of drug-likeness (QED) is 0.482. The fourth-order valence-electron chi connectivity index (χ4n) is 8.13. The molecule has 8 atom stereocenters. The first-order valence-electron chi connectivity index (χ1n) is 11.8. The highest BCUT2D eigenvalue weighted by Crippen LogP contribution is 2.67. The highest BCUT2D eigenvalue weighted by Gasteiger charge is 2.59. The molecule has 2 unspecified atom stereocenters. The fourth-order valence-corrected chi connectivity index (χ4v) is 8.13. The summed E-state index contributed by atoms with van der Waals surface area (Å²) in [6.07, 6.45) is 12.3. The summed E-state index contributed by atoms with van der Waals surface area (Å²) in [5.41, 5.74) is 0.723. The van der Waals surface area contributed by atoms with Gasteiger partial charge in [0.25, 0.3) is 0 Å². The van der Waals surface area contributed by atoms with Crippen molar-refractivity contribution >= 4 is 5.97 Å². The van der Waals surface area contributed by atoms with Crippen LogP contribution >= 0.6 is 0 Å². The maximum absolute atomic E-state index is 12.4. The number of rotatable bonds is 1. The Kier molecular flexibility index (Phi) is 4.75. The van der Waals surface area contributed by atoms with E-state index in [2.05, 4.69) is 20.8 Å². The minimum Gasteiger partial charge on any atom is -0.462 e. The zero-order valence-corrected chi connectivity index (χ0v) is 18.6. The lowest BCUT2D eigenvalue weighted by Crippen LogP contribution is -2.56. The van der Waals surface area contributed by atoms with E-state index in [4.69, 9.17) is 4.74 Å². The molecule has 0 bridgehead atoms. The van der Waals surface area contributed by atoms with E-state index in [1.807, 2.05) is 20.8 Å². The lowest BCUT2D eigenvalue weighted by Gasteiger charge is -2.62. The van der Waals surface area contributed by atoms with Gasteiger partial charge in [-0.15, -0.1) is 0 Å². The van der Waals surface area contributed by atoms with Crippen molar-refractivity contribution in [3.8, 4) is 0 Å². The molecule has 0 saturated heterocycles. The summed E-state index contributed by atoms with van der Waals surface area (Å²) in [5, 5.41) is 0. The SMILES string of the molecule is CC1C[C@H]2[C@@H]3CCC[C@@]3(C)CC[C@@H]2[C@@]2(C)CC[C@H](OC(=O)C(C)(C)C)CC12. The first-order chi connectivity index (χ1) is 12.5. The van der Waals surface area contributed by atoms with Crippen LogP contribution in [0.25, 0.3) is 0 Å². The van der Waals surface area contributed by atoms with E-state index in [0.717, 1.165) is 42.4 Å². The fraction of sp³-hybridized carbons (Fsp3) is 0.960. The second kappa shape index (κ2) is 6.49. The molecular formula is C25H42O2. The number of fused-ring (bicyclic) bond motifs is 5. The number of ether oxygens (including phenoxy) is 1. The van der Waals surface area contributed by atoms with E-state index in [-0.39, 0.29) is 17.5 Å². The van der Waals surface area contributed by atoms with Crippen LogP contribution in [0.2, 0.25) is 0 Å². The molecule has 0 N–H and O–H groups in total. The molecule has 0 aromatic heterocycles. The Hall–Kier alpha value is -0.530. The highest BCUT2D eigenvalue weighted by atomic mass is 16.5. The predicted octanol–water partition coefficient (Wildman–Crippen LogP) is 6.62. The lowest BCUT2D eigenvalue weighted by atomic mass is 9.43. The van der Waals surface area contributed by atoms with Crippen molar-refractivity contribution < 1.29 is 9.53 Å². The van der Waals surface area contributed by atoms with Gasteiger partial charge in [-0.3, -0.25) is 4.79 Å². The molecule has 4 fully saturated rings. The van der Waals surface area contributed by atoms with Gasteiger partial charge in [0.1, 0.15) is 6.10 Å². The van der Waals surface area contributed by atoms with Crippen LogP contribution < -0.4 is 0 Å². The number of hydrogen-bond acceptors (Lipinski definition) is 2. The van der Waals surface area contributed by atoms with Crippen LogP contribution in [0.3, 0.4) is 0 Å². The van der Waals surface area contributed by atoms with Crippen LogP contribution in [0.15, 0.2) is 0 Å². The van der Waals surface area contributed by atoms with E-state index in [0.29, 0.717) is 10.8 Å².